The molecule has 1 aliphatic heterocycles. The summed E-state index contributed by atoms with van der Waals surface area (Å²) in [4.78, 5) is 19.0. The maximum absolute atomic E-state index is 12.3. The van der Waals surface area contributed by atoms with E-state index >= 15 is 0 Å². The molecule has 1 amide bonds. The zero-order valence-corrected chi connectivity index (χ0v) is 21.3. The van der Waals surface area contributed by atoms with Crippen LogP contribution in [0.1, 0.15) is 23.5 Å². The monoisotopic (exact) mass is 513 g/mol. The van der Waals surface area contributed by atoms with Crippen LogP contribution in [0.2, 0.25) is 0 Å². The number of thiocarbonyl (C=S) groups is 1. The molecular weight excluding hydrogens is 486 g/mol. The Labute approximate surface area is 220 Å². The van der Waals surface area contributed by atoms with Crippen molar-refractivity contribution in [1.82, 2.24) is 14.9 Å². The highest BCUT2D eigenvalue weighted by Gasteiger charge is 2.42. The molecule has 8 nitrogen and oxygen atoms in total. The third-order valence-corrected chi connectivity index (χ3v) is 6.54. The first-order valence-electron chi connectivity index (χ1n) is 11.8. The second-order valence-electron chi connectivity index (χ2n) is 8.50. The standard InChI is InChI=1S/C28H27N5O3S/c1-35-18-25(34)30-22-17-20(13-14-24(22)36-2)33-27(26(31-28(33)37)21-11-6-7-15-29-21)23-12-8-16-32(23)19-9-4-3-5-10-19/h3-17,26-27H,18H2,1-2H3,(H,30,34)(H,31,37)/t26-,27+/m0/s1. The van der Waals surface area contributed by atoms with Crippen molar-refractivity contribution in [3.8, 4) is 11.4 Å². The Morgan fingerprint density at radius 1 is 1.03 bits per heavy atom. The zero-order valence-electron chi connectivity index (χ0n) is 20.5. The number of benzene rings is 2. The molecule has 0 bridgehead atoms. The summed E-state index contributed by atoms with van der Waals surface area (Å²) in [6.07, 6.45) is 3.83. The molecule has 2 aromatic carbocycles. The number of aromatic nitrogens is 2. The van der Waals surface area contributed by atoms with E-state index in [9.17, 15) is 4.79 Å². The summed E-state index contributed by atoms with van der Waals surface area (Å²) in [6, 6.07) is 25.4. The van der Waals surface area contributed by atoms with E-state index in [0.29, 0.717) is 16.5 Å². The molecule has 1 fully saturated rings. The van der Waals surface area contributed by atoms with Crippen LogP contribution >= 0.6 is 12.2 Å². The van der Waals surface area contributed by atoms with Crippen LogP contribution in [0.4, 0.5) is 11.4 Å². The minimum Gasteiger partial charge on any atom is -0.495 e. The van der Waals surface area contributed by atoms with Crippen molar-refractivity contribution in [2.45, 2.75) is 12.1 Å². The maximum atomic E-state index is 12.3. The van der Waals surface area contributed by atoms with Gasteiger partial charge in [-0.3, -0.25) is 9.78 Å². The largest absolute Gasteiger partial charge is 0.495 e. The Morgan fingerprint density at radius 3 is 2.57 bits per heavy atom. The molecular formula is C28H27N5O3S. The molecule has 9 heteroatoms. The van der Waals surface area contributed by atoms with Gasteiger partial charge in [0.05, 0.1) is 24.5 Å². The number of anilines is 2. The van der Waals surface area contributed by atoms with Crippen LogP contribution in [0, 0.1) is 0 Å². The van der Waals surface area contributed by atoms with Crippen LogP contribution in [0.15, 0.2) is 91.3 Å². The number of rotatable bonds is 8. The lowest BCUT2D eigenvalue weighted by Crippen LogP contribution is -2.30. The molecule has 4 aromatic rings. The number of hydrogen-bond donors (Lipinski definition) is 2. The van der Waals surface area contributed by atoms with Crippen molar-refractivity contribution in [2.75, 3.05) is 31.0 Å². The number of para-hydroxylation sites is 1. The van der Waals surface area contributed by atoms with Gasteiger partial charge >= 0.3 is 0 Å². The molecule has 188 valence electrons. The number of methoxy groups -OCH3 is 2. The fourth-order valence-corrected chi connectivity index (χ4v) is 5.00. The third kappa shape index (κ3) is 4.91. The number of hydrogen-bond acceptors (Lipinski definition) is 5. The lowest BCUT2D eigenvalue weighted by molar-refractivity contribution is -0.119. The number of nitrogens with zero attached hydrogens (tertiary/aromatic N) is 3. The smallest absolute Gasteiger partial charge is 0.250 e. The van der Waals surface area contributed by atoms with E-state index < -0.39 is 0 Å². The van der Waals surface area contributed by atoms with Gasteiger partial charge in [-0.15, -0.1) is 0 Å². The second kappa shape index (κ2) is 10.8. The quantitative estimate of drug-likeness (QED) is 0.332. The topological polar surface area (TPSA) is 80.7 Å². The van der Waals surface area contributed by atoms with Crippen LogP contribution < -0.4 is 20.3 Å². The molecule has 2 N–H and O–H groups in total. The van der Waals surface area contributed by atoms with Gasteiger partial charge in [-0.05, 0) is 66.8 Å². The Balaban J connectivity index is 1.62. The molecule has 3 heterocycles. The van der Waals surface area contributed by atoms with Crippen molar-refractivity contribution >= 4 is 34.6 Å². The Bertz CT molecular complexity index is 1390. The van der Waals surface area contributed by atoms with E-state index in [1.807, 2.05) is 66.9 Å². The van der Waals surface area contributed by atoms with Crippen LogP contribution in [0.5, 0.6) is 5.75 Å². The molecule has 2 aromatic heterocycles. The van der Waals surface area contributed by atoms with Gasteiger partial charge in [0.1, 0.15) is 18.4 Å². The highest BCUT2D eigenvalue weighted by Crippen LogP contribution is 2.43. The summed E-state index contributed by atoms with van der Waals surface area (Å²) in [5, 5.41) is 6.92. The zero-order chi connectivity index (χ0) is 25.8. The third-order valence-electron chi connectivity index (χ3n) is 6.23. The number of amides is 1. The molecule has 5 rings (SSSR count). The summed E-state index contributed by atoms with van der Waals surface area (Å²) in [6.45, 7) is -0.0635. The number of carbonyl (C=O) groups is 1. The highest BCUT2D eigenvalue weighted by molar-refractivity contribution is 7.80. The molecule has 2 atom stereocenters. The fraction of sp³-hybridized carbons (Fsp3) is 0.179. The predicted molar refractivity (Wildman–Crippen MR) is 147 cm³/mol. The van der Waals surface area contributed by atoms with Gasteiger partial charge in [0, 0.05) is 36.6 Å². The summed E-state index contributed by atoms with van der Waals surface area (Å²) >= 11 is 5.88. The summed E-state index contributed by atoms with van der Waals surface area (Å²) in [5.41, 5.74) is 4.29. The number of nitrogens with one attached hydrogen (secondary N) is 2. The molecule has 1 aliphatic rings. The van der Waals surface area contributed by atoms with E-state index in [0.717, 1.165) is 22.8 Å². The van der Waals surface area contributed by atoms with Gasteiger partial charge < -0.3 is 29.6 Å². The van der Waals surface area contributed by atoms with Gasteiger partial charge in [-0.2, -0.15) is 0 Å². The van der Waals surface area contributed by atoms with Crippen LogP contribution in [0.3, 0.4) is 0 Å². The Kier molecular flexibility index (Phi) is 7.16. The second-order valence-corrected chi connectivity index (χ2v) is 8.89. The van der Waals surface area contributed by atoms with Gasteiger partial charge in [0.15, 0.2) is 5.11 Å². The van der Waals surface area contributed by atoms with E-state index in [1.165, 1.54) is 7.11 Å². The van der Waals surface area contributed by atoms with Crippen molar-refractivity contribution < 1.29 is 14.3 Å². The fourth-order valence-electron chi connectivity index (χ4n) is 4.65. The van der Waals surface area contributed by atoms with Gasteiger partial charge in [-0.1, -0.05) is 24.3 Å². The van der Waals surface area contributed by atoms with E-state index in [2.05, 4.69) is 43.3 Å². The Morgan fingerprint density at radius 2 is 1.84 bits per heavy atom. The van der Waals surface area contributed by atoms with Crippen LogP contribution in [0.25, 0.3) is 5.69 Å². The summed E-state index contributed by atoms with van der Waals surface area (Å²) in [5.74, 6) is 0.262. The highest BCUT2D eigenvalue weighted by atomic mass is 32.1. The molecule has 0 radical (unpaired) electrons. The van der Waals surface area contributed by atoms with Gasteiger partial charge in [0.25, 0.3) is 0 Å². The molecule has 0 spiro atoms. The molecule has 0 saturated carbocycles. The molecule has 37 heavy (non-hydrogen) atoms. The van der Waals surface area contributed by atoms with Crippen molar-refractivity contribution in [3.05, 3.63) is 103 Å². The number of carbonyl (C=O) groups excluding carboxylic acids is 1. The Hall–Kier alpha value is -4.21. The van der Waals surface area contributed by atoms with Crippen molar-refractivity contribution in [1.29, 1.82) is 0 Å². The molecule has 1 saturated heterocycles. The summed E-state index contributed by atoms with van der Waals surface area (Å²) < 4.78 is 12.6. The lowest BCUT2D eigenvalue weighted by atomic mass is 10.0. The maximum Gasteiger partial charge on any atom is 0.250 e. The van der Waals surface area contributed by atoms with E-state index in [-0.39, 0.29) is 24.6 Å². The number of ether oxygens (including phenoxy) is 2. The first kappa shape index (κ1) is 24.5. The predicted octanol–water partition coefficient (Wildman–Crippen LogP) is 4.64. The van der Waals surface area contributed by atoms with E-state index in [1.54, 1.807) is 13.3 Å². The first-order valence-corrected chi connectivity index (χ1v) is 12.2. The SMILES string of the molecule is COCC(=O)Nc1cc(N2C(=S)N[C@@H](c3ccccn3)[C@H]2c2cccn2-c2ccccc2)ccc1OC. The van der Waals surface area contributed by atoms with Crippen LogP contribution in [-0.2, 0) is 9.53 Å². The van der Waals surface area contributed by atoms with Crippen molar-refractivity contribution in [3.63, 3.8) is 0 Å². The number of pyridine rings is 1. The van der Waals surface area contributed by atoms with Gasteiger partial charge in [-0.25, -0.2) is 0 Å². The van der Waals surface area contributed by atoms with Gasteiger partial charge in [0.2, 0.25) is 5.91 Å². The normalized spacial score (nSPS) is 16.9. The first-order chi connectivity index (χ1) is 18.1. The average Bonchev–Trinajstić information content (AvgIpc) is 3.54. The lowest BCUT2D eigenvalue weighted by Gasteiger charge is -2.29. The summed E-state index contributed by atoms with van der Waals surface area (Å²) in [7, 11) is 3.04. The molecule has 0 aliphatic carbocycles. The minimum absolute atomic E-state index is 0.0635. The van der Waals surface area contributed by atoms with Crippen LogP contribution in [-0.4, -0.2) is 41.4 Å². The van der Waals surface area contributed by atoms with Crippen molar-refractivity contribution in [2.24, 2.45) is 0 Å². The van der Waals surface area contributed by atoms with E-state index in [4.69, 9.17) is 21.7 Å². The average molecular weight is 514 g/mol. The molecule has 0 unspecified atom stereocenters. The minimum atomic E-state index is -0.277.